The molecule has 6 nitrogen and oxygen atoms in total. The van der Waals surface area contributed by atoms with E-state index in [9.17, 15) is 40.5 Å². The maximum absolute atomic E-state index is 13.0. The normalized spacial score (nSPS) is 12.3. The molecule has 0 aromatic heterocycles. The minimum atomic E-state index is -6.21. The summed E-state index contributed by atoms with van der Waals surface area (Å²) in [7, 11) is -6.21. The molecule has 106 valence electrons. The summed E-state index contributed by atoms with van der Waals surface area (Å²) in [5.74, 6) is -5.17. The molecule has 0 saturated heterocycles. The van der Waals surface area contributed by atoms with E-state index in [0.29, 0.717) is 0 Å². The van der Waals surface area contributed by atoms with Crippen LogP contribution in [0.3, 0.4) is 0 Å². The number of alkyl halides is 3. The number of nitrogens with zero attached hydrogens (tertiary/aromatic N) is 1. The van der Waals surface area contributed by atoms with Crippen LogP contribution >= 0.6 is 0 Å². The van der Waals surface area contributed by atoms with Crippen molar-refractivity contribution in [2.24, 2.45) is 0 Å². The van der Waals surface area contributed by atoms with Gasteiger partial charge in [-0.3, -0.25) is 10.1 Å². The Balaban J connectivity index is 3.31. The first kappa shape index (κ1) is 15.1. The van der Waals surface area contributed by atoms with Crippen molar-refractivity contribution in [2.75, 3.05) is 0 Å². The van der Waals surface area contributed by atoms with Crippen molar-refractivity contribution in [2.45, 2.75) is 5.51 Å². The minimum Gasteiger partial charge on any atom is -0.373 e. The van der Waals surface area contributed by atoms with Crippen molar-refractivity contribution in [1.29, 1.82) is 0 Å². The van der Waals surface area contributed by atoms with Crippen LogP contribution in [0.5, 0.6) is 5.75 Å². The molecule has 0 unspecified atom stereocenters. The fraction of sp³-hybridized carbons (Fsp3) is 0.143. The molecule has 12 heteroatoms. The van der Waals surface area contributed by atoms with E-state index in [4.69, 9.17) is 0 Å². The van der Waals surface area contributed by atoms with Crippen LogP contribution in [0.15, 0.2) is 12.1 Å². The average Bonchev–Trinajstić information content (AvgIpc) is 2.19. The zero-order valence-electron chi connectivity index (χ0n) is 8.44. The molecule has 1 aromatic carbocycles. The van der Waals surface area contributed by atoms with E-state index in [0.717, 1.165) is 0 Å². The number of halogens is 5. The lowest BCUT2D eigenvalue weighted by molar-refractivity contribution is -0.387. The Bertz CT molecular complexity index is 626. The predicted molar refractivity (Wildman–Crippen MR) is 48.6 cm³/mol. The van der Waals surface area contributed by atoms with Gasteiger partial charge in [-0.2, -0.15) is 26.0 Å². The third-order valence-corrected chi connectivity index (χ3v) is 2.65. The van der Waals surface area contributed by atoms with E-state index in [1.54, 1.807) is 0 Å². The van der Waals surface area contributed by atoms with Crippen LogP contribution in [-0.4, -0.2) is 18.8 Å². The molecule has 0 spiro atoms. The van der Waals surface area contributed by atoms with Crippen molar-refractivity contribution in [3.63, 3.8) is 0 Å². The van der Waals surface area contributed by atoms with Crippen molar-refractivity contribution in [3.8, 4) is 5.75 Å². The maximum Gasteiger partial charge on any atom is 0.534 e. The molecule has 0 N–H and O–H groups in total. The van der Waals surface area contributed by atoms with Crippen molar-refractivity contribution in [1.82, 2.24) is 0 Å². The minimum absolute atomic E-state index is 0.103. The molecular formula is C7H2F5NO5S. The van der Waals surface area contributed by atoms with E-state index >= 15 is 0 Å². The molecule has 0 aliphatic heterocycles. The van der Waals surface area contributed by atoms with Gasteiger partial charge in [0.2, 0.25) is 5.82 Å². The summed E-state index contributed by atoms with van der Waals surface area (Å²) in [4.78, 5) is 8.88. The quantitative estimate of drug-likeness (QED) is 0.280. The van der Waals surface area contributed by atoms with E-state index < -0.39 is 43.6 Å². The topological polar surface area (TPSA) is 86.5 Å². The Morgan fingerprint density at radius 3 is 2.11 bits per heavy atom. The number of nitro groups is 1. The van der Waals surface area contributed by atoms with Gasteiger partial charge in [-0.25, -0.2) is 4.39 Å². The highest BCUT2D eigenvalue weighted by atomic mass is 32.2. The zero-order valence-corrected chi connectivity index (χ0v) is 9.26. The van der Waals surface area contributed by atoms with Gasteiger partial charge in [-0.05, 0) is 0 Å². The van der Waals surface area contributed by atoms with E-state index in [2.05, 4.69) is 4.18 Å². The number of benzene rings is 1. The number of nitro benzene ring substituents is 1. The Morgan fingerprint density at radius 2 is 1.68 bits per heavy atom. The monoisotopic (exact) mass is 307 g/mol. The van der Waals surface area contributed by atoms with Gasteiger partial charge in [-0.15, -0.1) is 0 Å². The fourth-order valence-corrected chi connectivity index (χ4v) is 1.35. The number of hydrogen-bond acceptors (Lipinski definition) is 5. The summed E-state index contributed by atoms with van der Waals surface area (Å²) in [6.45, 7) is 0. The van der Waals surface area contributed by atoms with Gasteiger partial charge < -0.3 is 4.18 Å². The maximum atomic E-state index is 13.0. The second-order valence-corrected chi connectivity index (χ2v) is 4.51. The molecule has 0 saturated carbocycles. The van der Waals surface area contributed by atoms with Crippen LogP contribution in [0.1, 0.15) is 0 Å². The summed E-state index contributed by atoms with van der Waals surface area (Å²) in [5.41, 5.74) is -7.29. The molecule has 0 radical (unpaired) electrons. The lowest BCUT2D eigenvalue weighted by atomic mass is 10.3. The van der Waals surface area contributed by atoms with Gasteiger partial charge in [-0.1, -0.05) is 0 Å². The second-order valence-electron chi connectivity index (χ2n) is 2.97. The Hall–Kier alpha value is -1.98. The highest BCUT2D eigenvalue weighted by molar-refractivity contribution is 7.88. The van der Waals surface area contributed by atoms with Crippen LogP contribution in [0.25, 0.3) is 0 Å². The molecule has 0 amide bonds. The first-order chi connectivity index (χ1) is 8.45. The molecule has 1 rings (SSSR count). The Kier molecular flexibility index (Phi) is 3.65. The average molecular weight is 307 g/mol. The van der Waals surface area contributed by atoms with E-state index in [1.807, 2.05) is 0 Å². The zero-order chi connectivity index (χ0) is 15.0. The van der Waals surface area contributed by atoms with Crippen molar-refractivity contribution < 1.29 is 39.5 Å². The van der Waals surface area contributed by atoms with Crippen molar-refractivity contribution >= 4 is 15.8 Å². The molecular weight excluding hydrogens is 305 g/mol. The second kappa shape index (κ2) is 4.60. The third-order valence-electron chi connectivity index (χ3n) is 1.68. The van der Waals surface area contributed by atoms with E-state index in [-0.39, 0.29) is 12.1 Å². The molecule has 0 bridgehead atoms. The smallest absolute Gasteiger partial charge is 0.373 e. The molecule has 19 heavy (non-hydrogen) atoms. The summed E-state index contributed by atoms with van der Waals surface area (Å²) in [6, 6.07) is -0.271. The highest BCUT2D eigenvalue weighted by Crippen LogP contribution is 2.31. The van der Waals surface area contributed by atoms with E-state index in [1.165, 1.54) is 0 Å². The van der Waals surface area contributed by atoms with Crippen LogP contribution in [0, 0.1) is 21.7 Å². The van der Waals surface area contributed by atoms with Gasteiger partial charge in [0.1, 0.15) is 0 Å². The Labute approximate surface area is 101 Å². The van der Waals surface area contributed by atoms with Crippen LogP contribution in [0.4, 0.5) is 27.6 Å². The number of hydrogen-bond donors (Lipinski definition) is 0. The first-order valence-electron chi connectivity index (χ1n) is 4.10. The molecule has 1 aromatic rings. The van der Waals surface area contributed by atoms with Crippen LogP contribution < -0.4 is 4.18 Å². The molecule has 0 aliphatic carbocycles. The van der Waals surface area contributed by atoms with Gasteiger partial charge >= 0.3 is 21.3 Å². The molecule has 0 aliphatic rings. The van der Waals surface area contributed by atoms with Gasteiger partial charge in [0, 0.05) is 6.07 Å². The highest BCUT2D eigenvalue weighted by Gasteiger charge is 2.49. The standard InChI is InChI=1S/C7H2F5NO5S/c8-3-1-4(9)6(2-5(3)13(14)15)18-19(16,17)7(10,11)12/h1-2H. The summed E-state index contributed by atoms with van der Waals surface area (Å²) in [6.07, 6.45) is 0. The predicted octanol–water partition coefficient (Wildman–Crippen LogP) is 2.10. The first-order valence-corrected chi connectivity index (χ1v) is 5.50. The van der Waals surface area contributed by atoms with Gasteiger partial charge in [0.05, 0.1) is 11.0 Å². The third kappa shape index (κ3) is 3.07. The van der Waals surface area contributed by atoms with Gasteiger partial charge in [0.15, 0.2) is 11.6 Å². The van der Waals surface area contributed by atoms with Crippen LogP contribution in [-0.2, 0) is 10.1 Å². The van der Waals surface area contributed by atoms with Crippen molar-refractivity contribution in [3.05, 3.63) is 33.9 Å². The summed E-state index contributed by atoms with van der Waals surface area (Å²) < 4.78 is 86.1. The molecule has 0 atom stereocenters. The summed E-state index contributed by atoms with van der Waals surface area (Å²) >= 11 is 0. The largest absolute Gasteiger partial charge is 0.534 e. The SMILES string of the molecule is O=[N+]([O-])c1cc(OS(=O)(=O)C(F)(F)F)c(F)cc1F. The van der Waals surface area contributed by atoms with Gasteiger partial charge in [0.25, 0.3) is 0 Å². The lowest BCUT2D eigenvalue weighted by Gasteiger charge is -2.09. The summed E-state index contributed by atoms with van der Waals surface area (Å²) in [5, 5.41) is 10.3. The lowest BCUT2D eigenvalue weighted by Crippen LogP contribution is -2.28. The number of rotatable bonds is 3. The fourth-order valence-electron chi connectivity index (χ4n) is 0.888. The Morgan fingerprint density at radius 1 is 1.16 bits per heavy atom. The molecule has 0 heterocycles. The molecule has 0 fully saturated rings. The van der Waals surface area contributed by atoms with Crippen LogP contribution in [0.2, 0.25) is 0 Å².